The summed E-state index contributed by atoms with van der Waals surface area (Å²) in [6, 6.07) is 20.6. The molecule has 3 rings (SSSR count). The van der Waals surface area contributed by atoms with E-state index in [1.807, 2.05) is 30.3 Å². The number of pyridine rings is 1. The topological polar surface area (TPSA) is 154 Å². The Morgan fingerprint density at radius 3 is 2.18 bits per heavy atom. The first-order valence-corrected chi connectivity index (χ1v) is 10.5. The first-order chi connectivity index (χ1) is 16.5. The summed E-state index contributed by atoms with van der Waals surface area (Å²) >= 11 is 0. The van der Waals surface area contributed by atoms with Crippen molar-refractivity contribution in [3.8, 4) is 23.3 Å². The standard InChI is InChI=1S/C25H24N6O3/c1-16(33)30-19-9-7-18(8-10-19)23-21(11-26)24(28-13-17-5-3-2-4-6-17)31-25(22(23)12-27)29-14-20(34)15-32/h2-10,20,32,34H,13-15H2,1H3,(H,30,33)(H2,28,29,31). The fourth-order valence-electron chi connectivity index (χ4n) is 3.33. The van der Waals surface area contributed by atoms with E-state index in [0.29, 0.717) is 23.4 Å². The second kappa shape index (κ2) is 11.4. The highest BCUT2D eigenvalue weighted by atomic mass is 16.3. The molecule has 0 radical (unpaired) electrons. The van der Waals surface area contributed by atoms with Gasteiger partial charge in [0.25, 0.3) is 0 Å². The van der Waals surface area contributed by atoms with E-state index in [1.54, 1.807) is 24.3 Å². The fraction of sp³-hybridized carbons (Fsp3) is 0.200. The zero-order chi connectivity index (χ0) is 24.5. The summed E-state index contributed by atoms with van der Waals surface area (Å²) in [6.45, 7) is 1.31. The number of anilines is 3. The molecule has 0 spiro atoms. The first-order valence-electron chi connectivity index (χ1n) is 10.5. The van der Waals surface area contributed by atoms with Crippen LogP contribution in [0.25, 0.3) is 11.1 Å². The van der Waals surface area contributed by atoms with Gasteiger partial charge in [0.15, 0.2) is 0 Å². The Morgan fingerprint density at radius 2 is 1.62 bits per heavy atom. The van der Waals surface area contributed by atoms with E-state index in [0.717, 1.165) is 5.56 Å². The van der Waals surface area contributed by atoms with E-state index in [4.69, 9.17) is 5.11 Å². The van der Waals surface area contributed by atoms with Crippen molar-refractivity contribution in [3.05, 3.63) is 71.3 Å². The van der Waals surface area contributed by atoms with Crippen molar-refractivity contribution in [2.24, 2.45) is 0 Å². The highest BCUT2D eigenvalue weighted by Crippen LogP contribution is 2.35. The Kier molecular flexibility index (Phi) is 8.14. The van der Waals surface area contributed by atoms with Crippen LogP contribution < -0.4 is 16.0 Å². The van der Waals surface area contributed by atoms with E-state index in [-0.39, 0.29) is 35.2 Å². The Labute approximate surface area is 197 Å². The minimum absolute atomic E-state index is 0.0386. The third-order valence-electron chi connectivity index (χ3n) is 4.93. The second-order valence-electron chi connectivity index (χ2n) is 7.47. The summed E-state index contributed by atoms with van der Waals surface area (Å²) in [6.07, 6.45) is -1.05. The smallest absolute Gasteiger partial charge is 0.221 e. The van der Waals surface area contributed by atoms with E-state index in [2.05, 4.69) is 33.1 Å². The molecule has 1 atom stereocenters. The molecule has 2 aromatic carbocycles. The van der Waals surface area contributed by atoms with Crippen LogP contribution in [0.5, 0.6) is 0 Å². The molecule has 0 aliphatic heterocycles. The lowest BCUT2D eigenvalue weighted by Crippen LogP contribution is -2.24. The lowest BCUT2D eigenvalue weighted by Gasteiger charge is -2.18. The predicted molar refractivity (Wildman–Crippen MR) is 129 cm³/mol. The number of nitrogens with zero attached hydrogens (tertiary/aromatic N) is 3. The van der Waals surface area contributed by atoms with Gasteiger partial charge >= 0.3 is 0 Å². The molecule has 1 amide bonds. The molecular formula is C25H24N6O3. The second-order valence-corrected chi connectivity index (χ2v) is 7.47. The van der Waals surface area contributed by atoms with E-state index >= 15 is 0 Å². The summed E-state index contributed by atoms with van der Waals surface area (Å²) in [7, 11) is 0. The molecule has 0 bridgehead atoms. The highest BCUT2D eigenvalue weighted by molar-refractivity contribution is 5.90. The average Bonchev–Trinajstić information content (AvgIpc) is 2.86. The van der Waals surface area contributed by atoms with Gasteiger partial charge in [0.2, 0.25) is 5.91 Å². The van der Waals surface area contributed by atoms with Gasteiger partial charge in [0.1, 0.15) is 34.9 Å². The van der Waals surface area contributed by atoms with Crippen molar-refractivity contribution in [3.63, 3.8) is 0 Å². The zero-order valence-electron chi connectivity index (χ0n) is 18.5. The van der Waals surface area contributed by atoms with Crippen LogP contribution in [0, 0.1) is 22.7 Å². The van der Waals surface area contributed by atoms with Crippen molar-refractivity contribution >= 4 is 23.2 Å². The maximum absolute atomic E-state index is 11.3. The van der Waals surface area contributed by atoms with Gasteiger partial charge in [-0.1, -0.05) is 42.5 Å². The van der Waals surface area contributed by atoms with Gasteiger partial charge < -0.3 is 26.2 Å². The van der Waals surface area contributed by atoms with Crippen molar-refractivity contribution in [2.45, 2.75) is 19.6 Å². The number of amides is 1. The third kappa shape index (κ3) is 5.87. The van der Waals surface area contributed by atoms with Gasteiger partial charge in [-0.15, -0.1) is 0 Å². The van der Waals surface area contributed by atoms with Crippen LogP contribution >= 0.6 is 0 Å². The molecule has 0 fully saturated rings. The maximum atomic E-state index is 11.3. The summed E-state index contributed by atoms with van der Waals surface area (Å²) in [5, 5.41) is 47.6. The number of hydrogen-bond acceptors (Lipinski definition) is 8. The van der Waals surface area contributed by atoms with Gasteiger partial charge in [-0.25, -0.2) is 4.98 Å². The summed E-state index contributed by atoms with van der Waals surface area (Å²) in [4.78, 5) is 15.8. The summed E-state index contributed by atoms with van der Waals surface area (Å²) in [5.74, 6) is 0.228. The summed E-state index contributed by atoms with van der Waals surface area (Å²) < 4.78 is 0. The van der Waals surface area contributed by atoms with Crippen LogP contribution in [0.2, 0.25) is 0 Å². The number of carbonyl (C=O) groups excluding carboxylic acids is 1. The molecule has 3 aromatic rings. The van der Waals surface area contributed by atoms with Crippen LogP contribution in [0.4, 0.5) is 17.3 Å². The van der Waals surface area contributed by atoms with Gasteiger partial charge in [0.05, 0.1) is 12.7 Å². The number of aliphatic hydroxyl groups excluding tert-OH is 2. The number of nitriles is 2. The Hall–Kier alpha value is -4.44. The Balaban J connectivity index is 2.10. The minimum Gasteiger partial charge on any atom is -0.394 e. The van der Waals surface area contributed by atoms with Crippen molar-refractivity contribution < 1.29 is 15.0 Å². The van der Waals surface area contributed by atoms with Crippen molar-refractivity contribution in [2.75, 3.05) is 29.1 Å². The van der Waals surface area contributed by atoms with Crippen molar-refractivity contribution in [1.82, 2.24) is 4.98 Å². The van der Waals surface area contributed by atoms with Gasteiger partial charge in [0, 0.05) is 31.3 Å². The third-order valence-corrected chi connectivity index (χ3v) is 4.93. The molecular weight excluding hydrogens is 432 g/mol. The highest BCUT2D eigenvalue weighted by Gasteiger charge is 2.22. The number of nitrogens with one attached hydrogen (secondary N) is 3. The molecule has 34 heavy (non-hydrogen) atoms. The number of benzene rings is 2. The molecule has 0 saturated heterocycles. The van der Waals surface area contributed by atoms with E-state index < -0.39 is 12.7 Å². The maximum Gasteiger partial charge on any atom is 0.221 e. The van der Waals surface area contributed by atoms with Crippen molar-refractivity contribution in [1.29, 1.82) is 10.5 Å². The van der Waals surface area contributed by atoms with Crippen LogP contribution in [0.15, 0.2) is 54.6 Å². The molecule has 172 valence electrons. The molecule has 1 unspecified atom stereocenters. The number of rotatable bonds is 9. The van der Waals surface area contributed by atoms with Gasteiger partial charge in [-0.3, -0.25) is 4.79 Å². The Morgan fingerprint density at radius 1 is 1.00 bits per heavy atom. The van der Waals surface area contributed by atoms with E-state index in [9.17, 15) is 20.4 Å². The molecule has 1 heterocycles. The lowest BCUT2D eigenvalue weighted by molar-refractivity contribution is -0.114. The van der Waals surface area contributed by atoms with Gasteiger partial charge in [-0.05, 0) is 23.3 Å². The molecule has 0 saturated carbocycles. The van der Waals surface area contributed by atoms with Crippen LogP contribution in [-0.2, 0) is 11.3 Å². The normalized spacial score (nSPS) is 11.1. The fourth-order valence-corrected chi connectivity index (χ4v) is 3.33. The zero-order valence-corrected chi connectivity index (χ0v) is 18.5. The first kappa shape index (κ1) is 24.2. The molecule has 5 N–H and O–H groups in total. The summed E-state index contributed by atoms with van der Waals surface area (Å²) in [5.41, 5.74) is 2.81. The largest absolute Gasteiger partial charge is 0.394 e. The molecule has 1 aromatic heterocycles. The number of hydrogen-bond donors (Lipinski definition) is 5. The molecule has 0 aliphatic carbocycles. The van der Waals surface area contributed by atoms with Crippen LogP contribution in [-0.4, -0.2) is 40.4 Å². The van der Waals surface area contributed by atoms with Crippen LogP contribution in [0.3, 0.4) is 0 Å². The molecule has 9 nitrogen and oxygen atoms in total. The molecule has 0 aliphatic rings. The van der Waals surface area contributed by atoms with Crippen LogP contribution in [0.1, 0.15) is 23.6 Å². The number of carbonyl (C=O) groups is 1. The molecule has 9 heteroatoms. The van der Waals surface area contributed by atoms with E-state index in [1.165, 1.54) is 6.92 Å². The monoisotopic (exact) mass is 456 g/mol. The Bertz CT molecular complexity index is 1230. The lowest BCUT2D eigenvalue weighted by atomic mass is 9.95. The van der Waals surface area contributed by atoms with Gasteiger partial charge in [-0.2, -0.15) is 10.5 Å². The average molecular weight is 457 g/mol. The number of aliphatic hydroxyl groups is 2. The minimum atomic E-state index is -1.05. The quantitative estimate of drug-likeness (QED) is 0.329. The predicted octanol–water partition coefficient (Wildman–Crippen LogP) is 2.83. The number of aromatic nitrogens is 1. The SMILES string of the molecule is CC(=O)Nc1ccc(-c2c(C#N)c(NCc3ccccc3)nc(NCC(O)CO)c2C#N)cc1.